The number of hydrogen-bond donors (Lipinski definition) is 0. The Morgan fingerprint density at radius 3 is 2.83 bits per heavy atom. The number of alkyl halides is 1. The van der Waals surface area contributed by atoms with Crippen molar-refractivity contribution in [3.63, 3.8) is 0 Å². The van der Waals surface area contributed by atoms with E-state index in [0.717, 1.165) is 6.42 Å². The molecular weight excluding hydrogens is 253 g/mol. The second kappa shape index (κ2) is 5.27. The van der Waals surface area contributed by atoms with Gasteiger partial charge < -0.3 is 4.90 Å². The van der Waals surface area contributed by atoms with E-state index < -0.39 is 0 Å². The van der Waals surface area contributed by atoms with E-state index in [-0.39, 0.29) is 17.1 Å². The number of rotatable bonds is 1. The molecule has 98 valence electrons. The van der Waals surface area contributed by atoms with Gasteiger partial charge in [0, 0.05) is 24.0 Å². The molecule has 1 aliphatic heterocycles. The Morgan fingerprint density at radius 1 is 1.50 bits per heavy atom. The topological polar surface area (TPSA) is 20.3 Å². The molecule has 0 N–H and O–H groups in total. The Labute approximate surface area is 112 Å². The van der Waals surface area contributed by atoms with Gasteiger partial charge in [-0.05, 0) is 43.0 Å². The van der Waals surface area contributed by atoms with Crippen LogP contribution in [0.3, 0.4) is 0 Å². The highest BCUT2D eigenvalue weighted by molar-refractivity contribution is 6.20. The minimum Gasteiger partial charge on any atom is -0.338 e. The number of likely N-dealkylation sites (tertiary alicyclic amines) is 1. The summed E-state index contributed by atoms with van der Waals surface area (Å²) in [6.45, 7) is 5.15. The van der Waals surface area contributed by atoms with Crippen LogP contribution < -0.4 is 0 Å². The Bertz CT molecular complexity index is 463. The first-order valence-corrected chi connectivity index (χ1v) is 6.62. The van der Waals surface area contributed by atoms with Crippen molar-refractivity contribution in [3.8, 4) is 0 Å². The van der Waals surface area contributed by atoms with Crippen LogP contribution in [0.1, 0.15) is 29.3 Å². The molecule has 0 bridgehead atoms. The monoisotopic (exact) mass is 269 g/mol. The highest BCUT2D eigenvalue weighted by Gasteiger charge is 2.28. The molecular formula is C14H17ClFNO. The maximum Gasteiger partial charge on any atom is 0.254 e. The van der Waals surface area contributed by atoms with E-state index in [1.807, 2.05) is 4.90 Å². The van der Waals surface area contributed by atoms with Crippen LogP contribution in [0.4, 0.5) is 4.39 Å². The van der Waals surface area contributed by atoms with Crippen LogP contribution in [0.15, 0.2) is 18.2 Å². The van der Waals surface area contributed by atoms with Gasteiger partial charge in [-0.25, -0.2) is 4.39 Å². The van der Waals surface area contributed by atoms with E-state index in [0.29, 0.717) is 30.1 Å². The largest absolute Gasteiger partial charge is 0.338 e. The summed E-state index contributed by atoms with van der Waals surface area (Å²) in [5.74, 6) is -0.0371. The fraction of sp³-hybridized carbons (Fsp3) is 0.500. The van der Waals surface area contributed by atoms with Crippen LogP contribution in [0, 0.1) is 18.7 Å². The smallest absolute Gasteiger partial charge is 0.254 e. The summed E-state index contributed by atoms with van der Waals surface area (Å²) in [4.78, 5) is 14.2. The van der Waals surface area contributed by atoms with Gasteiger partial charge in [0.25, 0.3) is 5.91 Å². The fourth-order valence-electron chi connectivity index (χ4n) is 2.34. The average molecular weight is 270 g/mol. The Kier molecular flexibility index (Phi) is 3.91. The van der Waals surface area contributed by atoms with Gasteiger partial charge in [0.2, 0.25) is 0 Å². The van der Waals surface area contributed by atoms with E-state index in [9.17, 15) is 9.18 Å². The number of carbonyl (C=O) groups is 1. The van der Waals surface area contributed by atoms with Crippen LogP contribution in [0.2, 0.25) is 0 Å². The van der Waals surface area contributed by atoms with Gasteiger partial charge in [0.05, 0.1) is 0 Å². The number of benzene rings is 1. The molecule has 2 nitrogen and oxygen atoms in total. The van der Waals surface area contributed by atoms with Crippen LogP contribution in [-0.4, -0.2) is 29.3 Å². The van der Waals surface area contributed by atoms with Crippen molar-refractivity contribution < 1.29 is 9.18 Å². The van der Waals surface area contributed by atoms with Gasteiger partial charge in [-0.2, -0.15) is 0 Å². The van der Waals surface area contributed by atoms with E-state index in [1.165, 1.54) is 12.1 Å². The molecule has 1 aliphatic rings. The lowest BCUT2D eigenvalue weighted by atomic mass is 9.98. The second-order valence-corrected chi connectivity index (χ2v) is 5.55. The van der Waals surface area contributed by atoms with Gasteiger partial charge >= 0.3 is 0 Å². The maximum absolute atomic E-state index is 13.0. The van der Waals surface area contributed by atoms with Gasteiger partial charge in [0.1, 0.15) is 5.82 Å². The lowest BCUT2D eigenvalue weighted by Crippen LogP contribution is -2.43. The fourth-order valence-corrected chi connectivity index (χ4v) is 2.52. The molecule has 0 radical (unpaired) electrons. The summed E-state index contributed by atoms with van der Waals surface area (Å²) in [6, 6.07) is 4.29. The zero-order valence-electron chi connectivity index (χ0n) is 10.6. The summed E-state index contributed by atoms with van der Waals surface area (Å²) in [5, 5.41) is 0.142. The highest BCUT2D eigenvalue weighted by Crippen LogP contribution is 2.23. The van der Waals surface area contributed by atoms with E-state index in [2.05, 4.69) is 6.92 Å². The number of amides is 1. The summed E-state index contributed by atoms with van der Waals surface area (Å²) >= 11 is 6.15. The molecule has 1 aromatic carbocycles. The van der Waals surface area contributed by atoms with E-state index in [1.54, 1.807) is 13.0 Å². The number of piperidine rings is 1. The summed E-state index contributed by atoms with van der Waals surface area (Å²) in [5.41, 5.74) is 1.26. The lowest BCUT2D eigenvalue weighted by molar-refractivity contribution is 0.0686. The Hall–Kier alpha value is -1.09. The number of hydrogen-bond acceptors (Lipinski definition) is 1. The van der Waals surface area contributed by atoms with Crippen molar-refractivity contribution >= 4 is 17.5 Å². The number of aryl methyl sites for hydroxylation is 1. The normalized spacial score (nSPS) is 24.1. The van der Waals surface area contributed by atoms with Crippen LogP contribution >= 0.6 is 11.6 Å². The van der Waals surface area contributed by atoms with Gasteiger partial charge in [-0.1, -0.05) is 6.92 Å². The van der Waals surface area contributed by atoms with Crippen LogP contribution in [-0.2, 0) is 0 Å². The molecule has 0 aromatic heterocycles. The molecule has 2 unspecified atom stereocenters. The summed E-state index contributed by atoms with van der Waals surface area (Å²) in [6.07, 6.45) is 0.814. The maximum atomic E-state index is 13.0. The van der Waals surface area contributed by atoms with Gasteiger partial charge in [-0.15, -0.1) is 11.6 Å². The molecule has 1 saturated heterocycles. The molecule has 1 aromatic rings. The Morgan fingerprint density at radius 2 is 2.22 bits per heavy atom. The standard InChI is InChI=1S/C14H17ClFNO/c1-9-7-11(16)3-4-12(9)14(18)17-6-5-13(15)10(2)8-17/h3-4,7,10,13H,5-6,8H2,1-2H3. The quantitative estimate of drug-likeness (QED) is 0.717. The van der Waals surface area contributed by atoms with Crippen molar-refractivity contribution in [3.05, 3.63) is 35.1 Å². The summed E-state index contributed by atoms with van der Waals surface area (Å²) in [7, 11) is 0. The van der Waals surface area contributed by atoms with Crippen molar-refractivity contribution in [2.24, 2.45) is 5.92 Å². The SMILES string of the molecule is Cc1cc(F)ccc1C(=O)N1CCC(Cl)C(C)C1. The minimum atomic E-state index is -0.308. The Balaban J connectivity index is 2.16. The van der Waals surface area contributed by atoms with Crippen molar-refractivity contribution in [1.29, 1.82) is 0 Å². The molecule has 0 aliphatic carbocycles. The van der Waals surface area contributed by atoms with Gasteiger partial charge in [-0.3, -0.25) is 4.79 Å². The zero-order chi connectivity index (χ0) is 13.3. The first kappa shape index (κ1) is 13.3. The van der Waals surface area contributed by atoms with Crippen LogP contribution in [0.25, 0.3) is 0 Å². The van der Waals surface area contributed by atoms with Gasteiger partial charge in [0.15, 0.2) is 0 Å². The predicted molar refractivity (Wildman–Crippen MR) is 70.5 cm³/mol. The third kappa shape index (κ3) is 2.66. The molecule has 18 heavy (non-hydrogen) atoms. The zero-order valence-corrected chi connectivity index (χ0v) is 11.4. The third-order valence-corrected chi connectivity index (χ3v) is 4.16. The van der Waals surface area contributed by atoms with Crippen molar-refractivity contribution in [2.45, 2.75) is 25.6 Å². The number of nitrogens with zero attached hydrogens (tertiary/aromatic N) is 1. The molecule has 1 fully saturated rings. The number of carbonyl (C=O) groups excluding carboxylic acids is 1. The molecule has 0 saturated carbocycles. The number of halogens is 2. The third-order valence-electron chi connectivity index (χ3n) is 3.51. The summed E-state index contributed by atoms with van der Waals surface area (Å²) < 4.78 is 13.0. The van der Waals surface area contributed by atoms with Crippen molar-refractivity contribution in [1.82, 2.24) is 4.90 Å². The molecule has 1 heterocycles. The highest BCUT2D eigenvalue weighted by atomic mass is 35.5. The molecule has 2 atom stereocenters. The second-order valence-electron chi connectivity index (χ2n) is 4.99. The molecule has 2 rings (SSSR count). The van der Waals surface area contributed by atoms with E-state index >= 15 is 0 Å². The molecule has 1 amide bonds. The molecule has 0 spiro atoms. The van der Waals surface area contributed by atoms with Crippen molar-refractivity contribution in [2.75, 3.05) is 13.1 Å². The average Bonchev–Trinajstić information content (AvgIpc) is 2.32. The predicted octanol–water partition coefficient (Wildman–Crippen LogP) is 3.22. The minimum absolute atomic E-state index is 0.0251. The van der Waals surface area contributed by atoms with Crippen LogP contribution in [0.5, 0.6) is 0 Å². The van der Waals surface area contributed by atoms with E-state index in [4.69, 9.17) is 11.6 Å². The first-order valence-electron chi connectivity index (χ1n) is 6.18. The molecule has 4 heteroatoms. The lowest BCUT2D eigenvalue weighted by Gasteiger charge is -2.34. The first-order chi connectivity index (χ1) is 8.49.